The van der Waals surface area contributed by atoms with Crippen molar-refractivity contribution >= 4 is 17.5 Å². The van der Waals surface area contributed by atoms with Crippen molar-refractivity contribution in [2.24, 2.45) is 0 Å². The number of methoxy groups -OCH3 is 1. The van der Waals surface area contributed by atoms with Gasteiger partial charge in [-0.05, 0) is 24.3 Å². The maximum atomic E-state index is 13.1. The minimum Gasteiger partial charge on any atom is -0.375 e. The molecule has 0 aromatic heterocycles. The van der Waals surface area contributed by atoms with E-state index in [9.17, 15) is 13.6 Å². The summed E-state index contributed by atoms with van der Waals surface area (Å²) in [6, 6.07) is 10.1. The van der Waals surface area contributed by atoms with Gasteiger partial charge in [0.15, 0.2) is 11.6 Å². The molecule has 0 spiro atoms. The first-order valence-electron chi connectivity index (χ1n) is 6.53. The van der Waals surface area contributed by atoms with Crippen LogP contribution in [0, 0.1) is 11.6 Å². The molecule has 0 radical (unpaired) electrons. The lowest BCUT2D eigenvalue weighted by molar-refractivity contribution is 0.0827. The van der Waals surface area contributed by atoms with E-state index in [0.717, 1.165) is 17.7 Å². The quantitative estimate of drug-likeness (QED) is 0.909. The highest BCUT2D eigenvalue weighted by molar-refractivity contribution is 6.31. The monoisotopic (exact) mass is 325 g/mol. The van der Waals surface area contributed by atoms with Gasteiger partial charge in [-0.2, -0.15) is 0 Å². The van der Waals surface area contributed by atoms with E-state index in [0.29, 0.717) is 5.02 Å². The van der Waals surface area contributed by atoms with Crippen LogP contribution in [0.1, 0.15) is 22.0 Å². The summed E-state index contributed by atoms with van der Waals surface area (Å²) in [5.74, 6) is -2.59. The Morgan fingerprint density at radius 1 is 1.23 bits per heavy atom. The van der Waals surface area contributed by atoms with E-state index in [2.05, 4.69) is 5.32 Å². The van der Waals surface area contributed by atoms with Crippen molar-refractivity contribution in [3.63, 3.8) is 0 Å². The number of ether oxygens (including phenoxy) is 1. The Bertz CT molecular complexity index is 679. The summed E-state index contributed by atoms with van der Waals surface area (Å²) in [6.45, 7) is 0.151. The topological polar surface area (TPSA) is 38.3 Å². The van der Waals surface area contributed by atoms with Gasteiger partial charge < -0.3 is 10.1 Å². The number of carbonyl (C=O) groups is 1. The second-order valence-electron chi connectivity index (χ2n) is 4.58. The molecule has 0 aliphatic carbocycles. The van der Waals surface area contributed by atoms with Crippen LogP contribution in [0.5, 0.6) is 0 Å². The van der Waals surface area contributed by atoms with Crippen LogP contribution in [-0.2, 0) is 4.74 Å². The number of rotatable bonds is 5. The van der Waals surface area contributed by atoms with Gasteiger partial charge in [0.2, 0.25) is 0 Å². The van der Waals surface area contributed by atoms with E-state index in [4.69, 9.17) is 16.3 Å². The average molecular weight is 326 g/mol. The zero-order valence-corrected chi connectivity index (χ0v) is 12.5. The number of hydrogen-bond acceptors (Lipinski definition) is 2. The summed E-state index contributed by atoms with van der Waals surface area (Å²) in [7, 11) is 1.50. The summed E-state index contributed by atoms with van der Waals surface area (Å²) in [5, 5.41) is 3.14. The summed E-state index contributed by atoms with van der Waals surface area (Å²) in [4.78, 5) is 12.0. The van der Waals surface area contributed by atoms with Gasteiger partial charge in [0.05, 0.1) is 0 Å². The second-order valence-corrected chi connectivity index (χ2v) is 4.99. The number of hydrogen-bond donors (Lipinski definition) is 1. The van der Waals surface area contributed by atoms with Crippen molar-refractivity contribution in [2.75, 3.05) is 13.7 Å². The summed E-state index contributed by atoms with van der Waals surface area (Å²) < 4.78 is 31.3. The molecule has 22 heavy (non-hydrogen) atoms. The lowest BCUT2D eigenvalue weighted by atomic mass is 10.1. The van der Waals surface area contributed by atoms with E-state index in [-0.39, 0.29) is 12.1 Å². The minimum atomic E-state index is -1.07. The smallest absolute Gasteiger partial charge is 0.251 e. The van der Waals surface area contributed by atoms with Gasteiger partial charge >= 0.3 is 0 Å². The Labute approximate surface area is 131 Å². The molecule has 0 saturated heterocycles. The first-order chi connectivity index (χ1) is 10.5. The molecule has 0 fully saturated rings. The number of carbonyl (C=O) groups excluding carboxylic acids is 1. The molecule has 1 atom stereocenters. The van der Waals surface area contributed by atoms with Crippen LogP contribution in [-0.4, -0.2) is 19.6 Å². The third kappa shape index (κ3) is 3.81. The standard InChI is InChI=1S/C16H14ClF2NO2/c1-22-15(11-4-2-3-5-12(11)17)9-20-16(21)10-6-7-13(18)14(19)8-10/h2-8,15H,9H2,1H3,(H,20,21)/t15-/m1/s1. The number of amides is 1. The van der Waals surface area contributed by atoms with Crippen molar-refractivity contribution < 1.29 is 18.3 Å². The molecule has 1 amide bonds. The summed E-state index contributed by atoms with van der Waals surface area (Å²) in [5.41, 5.74) is 0.769. The second kappa shape index (κ2) is 7.33. The highest BCUT2D eigenvalue weighted by Gasteiger charge is 2.16. The molecule has 2 aromatic carbocycles. The lowest BCUT2D eigenvalue weighted by Crippen LogP contribution is -2.29. The Morgan fingerprint density at radius 2 is 1.95 bits per heavy atom. The Kier molecular flexibility index (Phi) is 5.46. The molecular weight excluding hydrogens is 312 g/mol. The van der Waals surface area contributed by atoms with Crippen molar-refractivity contribution in [3.8, 4) is 0 Å². The zero-order chi connectivity index (χ0) is 16.1. The highest BCUT2D eigenvalue weighted by atomic mass is 35.5. The molecule has 0 unspecified atom stereocenters. The molecule has 2 rings (SSSR count). The van der Waals surface area contributed by atoms with Crippen LogP contribution < -0.4 is 5.32 Å². The van der Waals surface area contributed by atoms with Crippen molar-refractivity contribution in [3.05, 3.63) is 70.2 Å². The molecule has 2 aromatic rings. The van der Waals surface area contributed by atoms with Crippen LogP contribution in [0.15, 0.2) is 42.5 Å². The zero-order valence-electron chi connectivity index (χ0n) is 11.8. The lowest BCUT2D eigenvalue weighted by Gasteiger charge is -2.17. The third-order valence-electron chi connectivity index (χ3n) is 3.17. The van der Waals surface area contributed by atoms with E-state index in [1.165, 1.54) is 13.2 Å². The van der Waals surface area contributed by atoms with Gasteiger partial charge in [-0.25, -0.2) is 8.78 Å². The normalized spacial score (nSPS) is 12.0. The molecule has 116 valence electrons. The molecule has 1 N–H and O–H groups in total. The van der Waals surface area contributed by atoms with E-state index in [1.807, 2.05) is 6.07 Å². The van der Waals surface area contributed by atoms with Crippen molar-refractivity contribution in [1.29, 1.82) is 0 Å². The first-order valence-corrected chi connectivity index (χ1v) is 6.91. The molecule has 0 aliphatic heterocycles. The first kappa shape index (κ1) is 16.4. The number of halogens is 3. The molecule has 3 nitrogen and oxygen atoms in total. The van der Waals surface area contributed by atoms with Crippen LogP contribution in [0.4, 0.5) is 8.78 Å². The van der Waals surface area contributed by atoms with Crippen LogP contribution in [0.3, 0.4) is 0 Å². The van der Waals surface area contributed by atoms with Crippen molar-refractivity contribution in [2.45, 2.75) is 6.10 Å². The largest absolute Gasteiger partial charge is 0.375 e. The van der Waals surface area contributed by atoms with E-state index < -0.39 is 23.6 Å². The molecule has 0 saturated carbocycles. The molecule has 0 aliphatic rings. The maximum absolute atomic E-state index is 13.1. The fraction of sp³-hybridized carbons (Fsp3) is 0.188. The fourth-order valence-electron chi connectivity index (χ4n) is 1.98. The van der Waals surface area contributed by atoms with Crippen LogP contribution in [0.2, 0.25) is 5.02 Å². The molecule has 6 heteroatoms. The molecule has 0 bridgehead atoms. The molecular formula is C16H14ClF2NO2. The third-order valence-corrected chi connectivity index (χ3v) is 3.51. The predicted molar refractivity (Wildman–Crippen MR) is 79.9 cm³/mol. The number of benzene rings is 2. The minimum absolute atomic E-state index is 0.0351. The van der Waals surface area contributed by atoms with Gasteiger partial charge in [-0.15, -0.1) is 0 Å². The summed E-state index contributed by atoms with van der Waals surface area (Å²) in [6.07, 6.45) is -0.442. The van der Waals surface area contributed by atoms with Gasteiger partial charge in [-0.3, -0.25) is 4.79 Å². The van der Waals surface area contributed by atoms with Gasteiger partial charge in [0.25, 0.3) is 5.91 Å². The fourth-order valence-corrected chi connectivity index (χ4v) is 2.24. The Morgan fingerprint density at radius 3 is 2.59 bits per heavy atom. The van der Waals surface area contributed by atoms with E-state index >= 15 is 0 Å². The van der Waals surface area contributed by atoms with Crippen LogP contribution >= 0.6 is 11.6 Å². The number of nitrogens with one attached hydrogen (secondary N) is 1. The van der Waals surface area contributed by atoms with Crippen LogP contribution in [0.25, 0.3) is 0 Å². The van der Waals surface area contributed by atoms with Gasteiger partial charge in [0, 0.05) is 29.8 Å². The average Bonchev–Trinajstić information content (AvgIpc) is 2.52. The molecule has 0 heterocycles. The summed E-state index contributed by atoms with van der Waals surface area (Å²) >= 11 is 6.08. The van der Waals surface area contributed by atoms with E-state index in [1.54, 1.807) is 18.2 Å². The Hall–Kier alpha value is -1.98. The SMILES string of the molecule is CO[C@H](CNC(=O)c1ccc(F)c(F)c1)c1ccccc1Cl. The highest BCUT2D eigenvalue weighted by Crippen LogP contribution is 2.24. The van der Waals surface area contributed by atoms with Crippen molar-refractivity contribution in [1.82, 2.24) is 5.32 Å². The predicted octanol–water partition coefficient (Wildman–Crippen LogP) is 3.74. The van der Waals surface area contributed by atoms with Gasteiger partial charge in [-0.1, -0.05) is 29.8 Å². The van der Waals surface area contributed by atoms with Gasteiger partial charge in [0.1, 0.15) is 6.10 Å². The maximum Gasteiger partial charge on any atom is 0.251 e. The Balaban J connectivity index is 2.05.